The molecule has 2 N–H and O–H groups in total. The van der Waals surface area contributed by atoms with Crippen molar-refractivity contribution >= 4 is 5.91 Å². The van der Waals surface area contributed by atoms with Crippen molar-refractivity contribution in [2.75, 3.05) is 6.54 Å². The van der Waals surface area contributed by atoms with E-state index in [2.05, 4.69) is 5.32 Å². The minimum absolute atomic E-state index is 0.353. The van der Waals surface area contributed by atoms with Crippen molar-refractivity contribution in [3.05, 3.63) is 30.1 Å². The van der Waals surface area contributed by atoms with Crippen LogP contribution in [-0.4, -0.2) is 29.8 Å². The lowest BCUT2D eigenvalue weighted by Gasteiger charge is -2.27. The monoisotopic (exact) mass is 225 g/mol. The van der Waals surface area contributed by atoms with Crippen LogP contribution in [0.25, 0.3) is 0 Å². The van der Waals surface area contributed by atoms with Crippen LogP contribution in [0.4, 0.5) is 4.39 Å². The molecule has 16 heavy (non-hydrogen) atoms. The van der Waals surface area contributed by atoms with Crippen LogP contribution in [0.2, 0.25) is 0 Å². The van der Waals surface area contributed by atoms with E-state index in [0.29, 0.717) is 18.7 Å². The first-order chi connectivity index (χ1) is 7.66. The van der Waals surface area contributed by atoms with Gasteiger partial charge in [0.25, 0.3) is 5.91 Å². The predicted octanol–water partition coefficient (Wildman–Crippen LogP) is 0.454. The van der Waals surface area contributed by atoms with Crippen molar-refractivity contribution in [3.8, 4) is 5.75 Å². The number of amides is 1. The van der Waals surface area contributed by atoms with Gasteiger partial charge in [-0.15, -0.1) is 0 Å². The number of benzene rings is 1. The summed E-state index contributed by atoms with van der Waals surface area (Å²) in [5.74, 6) is -0.340. The summed E-state index contributed by atoms with van der Waals surface area (Å²) in [6, 6.07) is 5.47. The normalized spacial score (nSPS) is 25.0. The minimum atomic E-state index is -1.17. The van der Waals surface area contributed by atoms with Crippen molar-refractivity contribution in [2.45, 2.75) is 18.6 Å². The Morgan fingerprint density at radius 3 is 2.75 bits per heavy atom. The van der Waals surface area contributed by atoms with Crippen molar-refractivity contribution in [1.82, 2.24) is 5.32 Å². The van der Waals surface area contributed by atoms with Gasteiger partial charge in [-0.25, -0.2) is 4.39 Å². The zero-order chi connectivity index (χ0) is 11.5. The average Bonchev–Trinajstić information content (AvgIpc) is 2.28. The molecule has 0 bridgehead atoms. The number of nitrogens with one attached hydrogen (secondary N) is 1. The van der Waals surface area contributed by atoms with Crippen molar-refractivity contribution < 1.29 is 19.0 Å². The van der Waals surface area contributed by atoms with Crippen LogP contribution >= 0.6 is 0 Å². The van der Waals surface area contributed by atoms with E-state index in [-0.39, 0.29) is 5.82 Å². The Morgan fingerprint density at radius 1 is 1.38 bits per heavy atom. The molecule has 86 valence electrons. The Balaban J connectivity index is 2.03. The number of rotatable bonds is 2. The molecule has 0 aromatic heterocycles. The molecule has 4 nitrogen and oxygen atoms in total. The first-order valence-corrected chi connectivity index (χ1v) is 5.05. The summed E-state index contributed by atoms with van der Waals surface area (Å²) < 4.78 is 18.1. The summed E-state index contributed by atoms with van der Waals surface area (Å²) in [7, 11) is 0. The molecule has 1 aromatic carbocycles. The summed E-state index contributed by atoms with van der Waals surface area (Å²) >= 11 is 0. The number of piperidine rings is 1. The molecule has 1 aromatic rings. The van der Waals surface area contributed by atoms with Crippen LogP contribution in [0, 0.1) is 5.82 Å². The highest BCUT2D eigenvalue weighted by molar-refractivity contribution is 5.81. The van der Waals surface area contributed by atoms with E-state index < -0.39 is 18.1 Å². The van der Waals surface area contributed by atoms with Gasteiger partial charge < -0.3 is 15.2 Å². The molecule has 1 aliphatic heterocycles. The van der Waals surface area contributed by atoms with E-state index in [9.17, 15) is 14.3 Å². The third-order valence-corrected chi connectivity index (χ3v) is 2.45. The average molecular weight is 225 g/mol. The lowest BCUT2D eigenvalue weighted by Crippen LogP contribution is -2.51. The van der Waals surface area contributed by atoms with Gasteiger partial charge in [-0.3, -0.25) is 4.79 Å². The van der Waals surface area contributed by atoms with Gasteiger partial charge in [0, 0.05) is 13.0 Å². The maximum atomic E-state index is 12.6. The number of aliphatic hydroxyl groups excluding tert-OH is 1. The highest BCUT2D eigenvalue weighted by Crippen LogP contribution is 2.17. The smallest absolute Gasteiger partial charge is 0.252 e. The first kappa shape index (κ1) is 10.9. The van der Waals surface area contributed by atoms with E-state index >= 15 is 0 Å². The van der Waals surface area contributed by atoms with Crippen molar-refractivity contribution in [2.24, 2.45) is 0 Å². The fourth-order valence-electron chi connectivity index (χ4n) is 1.58. The van der Waals surface area contributed by atoms with Crippen LogP contribution in [0.3, 0.4) is 0 Å². The number of ether oxygens (including phenoxy) is 1. The molecule has 0 spiro atoms. The van der Waals surface area contributed by atoms with Gasteiger partial charge in [0.2, 0.25) is 0 Å². The van der Waals surface area contributed by atoms with E-state index in [0.717, 1.165) is 0 Å². The largest absolute Gasteiger partial charge is 0.487 e. The Morgan fingerprint density at radius 2 is 2.06 bits per heavy atom. The predicted molar refractivity (Wildman–Crippen MR) is 54.4 cm³/mol. The number of carbonyl (C=O) groups is 1. The Bertz CT molecular complexity index is 379. The van der Waals surface area contributed by atoms with Gasteiger partial charge in [-0.2, -0.15) is 0 Å². The minimum Gasteiger partial charge on any atom is -0.487 e. The highest BCUT2D eigenvalue weighted by atomic mass is 19.1. The summed E-state index contributed by atoms with van der Waals surface area (Å²) in [5.41, 5.74) is 0. The van der Waals surface area contributed by atoms with E-state index in [4.69, 9.17) is 4.74 Å². The SMILES string of the molecule is O=C1NCC[C@H](Oc2ccc(F)cc2)[C@H]1O. The van der Waals surface area contributed by atoms with Crippen molar-refractivity contribution in [3.63, 3.8) is 0 Å². The van der Waals surface area contributed by atoms with Gasteiger partial charge in [-0.1, -0.05) is 0 Å². The number of carbonyl (C=O) groups excluding carboxylic acids is 1. The summed E-state index contributed by atoms with van der Waals surface area (Å²) in [6.07, 6.45) is -1.21. The second-order valence-electron chi connectivity index (χ2n) is 3.63. The van der Waals surface area contributed by atoms with E-state index in [1.54, 1.807) is 0 Å². The highest BCUT2D eigenvalue weighted by Gasteiger charge is 2.31. The number of aliphatic hydroxyl groups is 1. The molecule has 1 amide bonds. The molecule has 0 radical (unpaired) electrons. The molecule has 1 heterocycles. The van der Waals surface area contributed by atoms with Gasteiger partial charge in [0.1, 0.15) is 17.7 Å². The second-order valence-corrected chi connectivity index (χ2v) is 3.63. The summed E-state index contributed by atoms with van der Waals surface area (Å²) in [5, 5.41) is 12.1. The van der Waals surface area contributed by atoms with Crippen LogP contribution in [0.1, 0.15) is 6.42 Å². The zero-order valence-electron chi connectivity index (χ0n) is 8.52. The third kappa shape index (κ3) is 2.30. The molecule has 1 fully saturated rings. The van der Waals surface area contributed by atoms with Gasteiger partial charge in [-0.05, 0) is 24.3 Å². The lowest BCUT2D eigenvalue weighted by atomic mass is 10.1. The van der Waals surface area contributed by atoms with Crippen LogP contribution in [-0.2, 0) is 4.79 Å². The van der Waals surface area contributed by atoms with E-state index in [1.165, 1.54) is 24.3 Å². The zero-order valence-corrected chi connectivity index (χ0v) is 8.52. The maximum Gasteiger partial charge on any atom is 0.252 e. The Labute approximate surface area is 92.0 Å². The maximum absolute atomic E-state index is 12.6. The number of halogens is 1. The summed E-state index contributed by atoms with van der Waals surface area (Å²) in [4.78, 5) is 11.1. The molecule has 1 saturated heterocycles. The Kier molecular flexibility index (Phi) is 3.05. The third-order valence-electron chi connectivity index (χ3n) is 2.45. The molecular weight excluding hydrogens is 213 g/mol. The Hall–Kier alpha value is -1.62. The fraction of sp³-hybridized carbons (Fsp3) is 0.364. The standard InChI is InChI=1S/C11H12FNO3/c12-7-1-3-8(4-2-7)16-9-5-6-13-11(15)10(9)14/h1-4,9-10,14H,5-6H2,(H,13,15)/t9-,10+/m0/s1. The van der Waals surface area contributed by atoms with Crippen LogP contribution < -0.4 is 10.1 Å². The molecule has 1 aliphatic rings. The molecule has 2 atom stereocenters. The first-order valence-electron chi connectivity index (χ1n) is 5.05. The van der Waals surface area contributed by atoms with Gasteiger partial charge >= 0.3 is 0 Å². The summed E-state index contributed by atoms with van der Waals surface area (Å²) in [6.45, 7) is 0.474. The fourth-order valence-corrected chi connectivity index (χ4v) is 1.58. The molecule has 0 unspecified atom stereocenters. The molecule has 5 heteroatoms. The van der Waals surface area contributed by atoms with Crippen LogP contribution in [0.5, 0.6) is 5.75 Å². The molecule has 2 rings (SSSR count). The van der Waals surface area contributed by atoms with Crippen LogP contribution in [0.15, 0.2) is 24.3 Å². The lowest BCUT2D eigenvalue weighted by molar-refractivity contribution is -0.137. The number of hydrogen-bond acceptors (Lipinski definition) is 3. The molecular formula is C11H12FNO3. The quantitative estimate of drug-likeness (QED) is 0.768. The topological polar surface area (TPSA) is 58.6 Å². The molecule has 0 saturated carbocycles. The van der Waals surface area contributed by atoms with Gasteiger partial charge in [0.15, 0.2) is 6.10 Å². The second kappa shape index (κ2) is 4.49. The number of hydrogen-bond donors (Lipinski definition) is 2. The van der Waals surface area contributed by atoms with Crippen molar-refractivity contribution in [1.29, 1.82) is 0 Å². The molecule has 0 aliphatic carbocycles. The van der Waals surface area contributed by atoms with Gasteiger partial charge in [0.05, 0.1) is 0 Å². The van der Waals surface area contributed by atoms with E-state index in [1.807, 2.05) is 0 Å².